The third-order valence-electron chi connectivity index (χ3n) is 3.24. The highest BCUT2D eigenvalue weighted by Crippen LogP contribution is 2.21. The molecule has 0 radical (unpaired) electrons. The zero-order chi connectivity index (χ0) is 19.6. The Balaban J connectivity index is 2.09. The van der Waals surface area contributed by atoms with Crippen LogP contribution < -0.4 is 21.1 Å². The van der Waals surface area contributed by atoms with Crippen LogP contribution in [0.15, 0.2) is 60.2 Å². The lowest BCUT2D eigenvalue weighted by Gasteiger charge is -2.10. The lowest BCUT2D eigenvalue weighted by Crippen LogP contribution is -2.35. The number of primary amides is 1. The predicted octanol–water partition coefficient (Wildman–Crippen LogP) is 1.81. The van der Waals surface area contributed by atoms with Crippen LogP contribution in [0, 0.1) is 11.3 Å². The van der Waals surface area contributed by atoms with E-state index in [1.807, 2.05) is 11.4 Å². The molecule has 0 unspecified atom stereocenters. The second-order valence-corrected chi connectivity index (χ2v) is 5.23. The topological polar surface area (TPSA) is 134 Å². The summed E-state index contributed by atoms with van der Waals surface area (Å²) in [6.45, 7) is -0.269. The number of amides is 4. The molecule has 0 aromatic heterocycles. The molecule has 0 saturated heterocycles. The van der Waals surface area contributed by atoms with Crippen LogP contribution in [0.3, 0.4) is 0 Å². The normalized spacial score (nSPS) is 10.4. The van der Waals surface area contributed by atoms with Gasteiger partial charge in [-0.2, -0.15) is 5.26 Å². The van der Waals surface area contributed by atoms with Gasteiger partial charge in [0.2, 0.25) is 0 Å². The summed E-state index contributed by atoms with van der Waals surface area (Å²) in [4.78, 5) is 34.5. The molecule has 0 bridgehead atoms. The Hall–Kier alpha value is -4.12. The zero-order valence-electron chi connectivity index (χ0n) is 14.1. The van der Waals surface area contributed by atoms with E-state index >= 15 is 0 Å². The Morgan fingerprint density at radius 1 is 1.07 bits per heavy atom. The Morgan fingerprint density at radius 2 is 1.74 bits per heavy atom. The summed E-state index contributed by atoms with van der Waals surface area (Å²) in [7, 11) is 0. The highest BCUT2D eigenvalue weighted by atomic mass is 16.5. The van der Waals surface area contributed by atoms with Crippen LogP contribution >= 0.6 is 0 Å². The summed E-state index contributed by atoms with van der Waals surface area (Å²) in [6.07, 6.45) is 1.24. The molecule has 2 aromatic carbocycles. The number of anilines is 1. The minimum atomic E-state index is -1.07. The number of carbonyl (C=O) groups excluding carboxylic acids is 3. The van der Waals surface area contributed by atoms with Gasteiger partial charge in [-0.05, 0) is 24.3 Å². The number of hydrogen-bond acceptors (Lipinski definition) is 5. The molecule has 8 nitrogen and oxygen atoms in total. The molecule has 4 N–H and O–H groups in total. The molecular formula is C19H16N4O4. The summed E-state index contributed by atoms with van der Waals surface area (Å²) >= 11 is 0. The quantitative estimate of drug-likeness (QED) is 0.531. The van der Waals surface area contributed by atoms with Crippen molar-refractivity contribution in [2.45, 2.75) is 0 Å². The molecule has 27 heavy (non-hydrogen) atoms. The van der Waals surface area contributed by atoms with Crippen molar-refractivity contribution < 1.29 is 19.1 Å². The van der Waals surface area contributed by atoms with Gasteiger partial charge in [0.1, 0.15) is 17.4 Å². The van der Waals surface area contributed by atoms with Crippen molar-refractivity contribution >= 4 is 29.6 Å². The lowest BCUT2D eigenvalue weighted by molar-refractivity contribution is -0.118. The van der Waals surface area contributed by atoms with E-state index in [1.165, 1.54) is 6.08 Å². The molecule has 8 heteroatoms. The number of hydrogen-bond donors (Lipinski definition) is 3. The summed E-state index contributed by atoms with van der Waals surface area (Å²) in [5.74, 6) is -1.01. The largest absolute Gasteiger partial charge is 0.483 e. The van der Waals surface area contributed by atoms with Gasteiger partial charge in [-0.3, -0.25) is 14.9 Å². The minimum Gasteiger partial charge on any atom is -0.483 e. The van der Waals surface area contributed by atoms with Gasteiger partial charge in [-0.15, -0.1) is 0 Å². The fourth-order valence-corrected chi connectivity index (χ4v) is 2.08. The van der Waals surface area contributed by atoms with E-state index in [0.717, 1.165) is 0 Å². The Morgan fingerprint density at radius 3 is 2.41 bits per heavy atom. The van der Waals surface area contributed by atoms with E-state index in [1.54, 1.807) is 54.6 Å². The molecule has 0 aliphatic heterocycles. The van der Waals surface area contributed by atoms with Crippen molar-refractivity contribution in [2.24, 2.45) is 5.73 Å². The van der Waals surface area contributed by atoms with E-state index < -0.39 is 11.9 Å². The Bertz CT molecular complexity index is 917. The number of nitrogens with one attached hydrogen (secondary N) is 2. The standard InChI is InChI=1S/C19H16N4O4/c20-11-14(18(25)23-19(21)26)10-13-6-4-5-9-16(13)27-12-17(24)22-15-7-2-1-3-8-15/h1-10H,12H2,(H,22,24)(H3,21,23,25,26)/b14-10-. The summed E-state index contributed by atoms with van der Waals surface area (Å²) in [6, 6.07) is 16.0. The molecule has 0 aliphatic rings. The summed E-state index contributed by atoms with van der Waals surface area (Å²) in [5.41, 5.74) is 5.57. The van der Waals surface area contributed by atoms with Gasteiger partial charge in [0.25, 0.3) is 11.8 Å². The third-order valence-corrected chi connectivity index (χ3v) is 3.24. The maximum Gasteiger partial charge on any atom is 0.319 e. The number of rotatable bonds is 6. The van der Waals surface area contributed by atoms with E-state index in [-0.39, 0.29) is 18.1 Å². The van der Waals surface area contributed by atoms with Gasteiger partial charge in [0.15, 0.2) is 6.61 Å². The van der Waals surface area contributed by atoms with Gasteiger partial charge in [-0.1, -0.05) is 36.4 Å². The van der Waals surface area contributed by atoms with Gasteiger partial charge in [-0.25, -0.2) is 4.79 Å². The first-order valence-electron chi connectivity index (χ1n) is 7.79. The molecule has 2 rings (SSSR count). The monoisotopic (exact) mass is 364 g/mol. The highest BCUT2D eigenvalue weighted by Gasteiger charge is 2.13. The molecular weight excluding hydrogens is 348 g/mol. The maximum absolute atomic E-state index is 12.0. The molecule has 0 spiro atoms. The van der Waals surface area contributed by atoms with Crippen molar-refractivity contribution in [2.75, 3.05) is 11.9 Å². The number of nitriles is 1. The molecule has 0 heterocycles. The van der Waals surface area contributed by atoms with Gasteiger partial charge >= 0.3 is 6.03 Å². The third kappa shape index (κ3) is 6.03. The van der Waals surface area contributed by atoms with E-state index in [4.69, 9.17) is 15.7 Å². The lowest BCUT2D eigenvalue weighted by atomic mass is 10.1. The van der Waals surface area contributed by atoms with Crippen LogP contribution in [0.5, 0.6) is 5.75 Å². The molecule has 136 valence electrons. The smallest absolute Gasteiger partial charge is 0.319 e. The molecule has 0 aliphatic carbocycles. The van der Waals surface area contributed by atoms with Crippen molar-refractivity contribution in [1.29, 1.82) is 5.26 Å². The van der Waals surface area contributed by atoms with E-state index in [2.05, 4.69) is 5.32 Å². The van der Waals surface area contributed by atoms with Crippen LogP contribution in [-0.2, 0) is 9.59 Å². The fourth-order valence-electron chi connectivity index (χ4n) is 2.08. The van der Waals surface area contributed by atoms with Crippen LogP contribution in [0.2, 0.25) is 0 Å². The first-order chi connectivity index (χ1) is 13.0. The van der Waals surface area contributed by atoms with Crippen molar-refractivity contribution in [3.63, 3.8) is 0 Å². The predicted molar refractivity (Wildman–Crippen MR) is 98.3 cm³/mol. The average molecular weight is 364 g/mol. The zero-order valence-corrected chi connectivity index (χ0v) is 14.1. The van der Waals surface area contributed by atoms with Crippen molar-refractivity contribution in [1.82, 2.24) is 5.32 Å². The van der Waals surface area contributed by atoms with E-state index in [9.17, 15) is 14.4 Å². The second-order valence-electron chi connectivity index (χ2n) is 5.23. The van der Waals surface area contributed by atoms with Gasteiger partial charge in [0, 0.05) is 11.3 Å². The fraction of sp³-hybridized carbons (Fsp3) is 0.0526. The number of para-hydroxylation sites is 2. The minimum absolute atomic E-state index is 0.269. The first-order valence-corrected chi connectivity index (χ1v) is 7.79. The first kappa shape index (κ1) is 19.2. The summed E-state index contributed by atoms with van der Waals surface area (Å²) in [5, 5.41) is 13.6. The Kier molecular flexibility index (Phi) is 6.68. The number of carbonyl (C=O) groups is 3. The molecule has 0 atom stereocenters. The SMILES string of the molecule is N#C/C(=C/c1ccccc1OCC(=O)Nc1ccccc1)C(=O)NC(N)=O. The van der Waals surface area contributed by atoms with Crippen LogP contribution in [0.25, 0.3) is 6.08 Å². The number of urea groups is 1. The van der Waals surface area contributed by atoms with E-state index in [0.29, 0.717) is 17.0 Å². The second kappa shape index (κ2) is 9.39. The number of nitrogens with two attached hydrogens (primary N) is 1. The van der Waals surface area contributed by atoms with Crippen molar-refractivity contribution in [3.8, 4) is 11.8 Å². The van der Waals surface area contributed by atoms with Crippen LogP contribution in [0.1, 0.15) is 5.56 Å². The molecule has 0 saturated carbocycles. The molecule has 0 fully saturated rings. The Labute approximate surface area is 155 Å². The van der Waals surface area contributed by atoms with Crippen molar-refractivity contribution in [3.05, 3.63) is 65.7 Å². The average Bonchev–Trinajstić information content (AvgIpc) is 2.65. The number of ether oxygens (including phenoxy) is 1. The maximum atomic E-state index is 12.0. The molecule has 4 amide bonds. The van der Waals surface area contributed by atoms with Gasteiger partial charge < -0.3 is 15.8 Å². The number of nitrogens with zero attached hydrogens (tertiary/aromatic N) is 1. The van der Waals surface area contributed by atoms with Gasteiger partial charge in [0.05, 0.1) is 0 Å². The number of benzene rings is 2. The van der Waals surface area contributed by atoms with Crippen LogP contribution in [-0.4, -0.2) is 24.5 Å². The molecule has 2 aromatic rings. The van der Waals surface area contributed by atoms with Crippen LogP contribution in [0.4, 0.5) is 10.5 Å². The number of imide groups is 1. The summed E-state index contributed by atoms with van der Waals surface area (Å²) < 4.78 is 5.49. The highest BCUT2D eigenvalue weighted by molar-refractivity contribution is 6.08.